The summed E-state index contributed by atoms with van der Waals surface area (Å²) in [7, 11) is 0. The third-order valence-corrected chi connectivity index (χ3v) is 0.830. The van der Waals surface area contributed by atoms with Crippen LogP contribution < -0.4 is 0 Å². The van der Waals surface area contributed by atoms with Crippen molar-refractivity contribution in [2.75, 3.05) is 0 Å². The molecular formula is C4H4O3. The van der Waals surface area contributed by atoms with Gasteiger partial charge >= 0.3 is 0 Å². The lowest BCUT2D eigenvalue weighted by Gasteiger charge is -2.19. The van der Waals surface area contributed by atoms with Crippen LogP contribution in [-0.2, 0) is 4.79 Å². The molecule has 0 amide bonds. The molecule has 3 heteroatoms. The predicted octanol–water partition coefficient (Wildman–Crippen LogP) is -1.19. The lowest BCUT2D eigenvalue weighted by Crippen LogP contribution is -2.41. The molecular weight excluding hydrogens is 96.0 g/mol. The Labute approximate surface area is 39.9 Å². The minimum absolute atomic E-state index is 0.646. The zero-order valence-electron chi connectivity index (χ0n) is 3.46. The molecule has 0 aromatic carbocycles. The second kappa shape index (κ2) is 0.936. The highest BCUT2D eigenvalue weighted by Gasteiger charge is 2.34. The van der Waals surface area contributed by atoms with E-state index in [9.17, 15) is 4.79 Å². The fraction of sp³-hybridized carbons (Fsp3) is 0.250. The summed E-state index contributed by atoms with van der Waals surface area (Å²) in [5, 5.41) is 16.6. The summed E-state index contributed by atoms with van der Waals surface area (Å²) >= 11 is 0. The lowest BCUT2D eigenvalue weighted by molar-refractivity contribution is -0.166. The largest absolute Gasteiger partial charge is 0.356 e. The summed E-state index contributed by atoms with van der Waals surface area (Å²) in [6.07, 6.45) is 2.13. The van der Waals surface area contributed by atoms with Crippen molar-refractivity contribution in [2.24, 2.45) is 0 Å². The molecule has 0 spiro atoms. The van der Waals surface area contributed by atoms with Crippen molar-refractivity contribution in [1.82, 2.24) is 0 Å². The molecule has 0 saturated heterocycles. The van der Waals surface area contributed by atoms with E-state index in [1.807, 2.05) is 0 Å². The second-order valence-corrected chi connectivity index (χ2v) is 1.42. The predicted molar refractivity (Wildman–Crippen MR) is 21.3 cm³/mol. The van der Waals surface area contributed by atoms with Crippen molar-refractivity contribution >= 4 is 5.78 Å². The molecule has 2 N–H and O–H groups in total. The van der Waals surface area contributed by atoms with E-state index in [0.717, 1.165) is 12.2 Å². The van der Waals surface area contributed by atoms with Crippen LogP contribution in [-0.4, -0.2) is 21.8 Å². The first-order chi connectivity index (χ1) is 3.13. The zero-order chi connectivity index (χ0) is 5.49. The van der Waals surface area contributed by atoms with Crippen LogP contribution in [0.15, 0.2) is 12.2 Å². The van der Waals surface area contributed by atoms with E-state index in [0.29, 0.717) is 0 Å². The molecule has 0 heterocycles. The second-order valence-electron chi connectivity index (χ2n) is 1.42. The molecule has 0 radical (unpaired) electrons. The van der Waals surface area contributed by atoms with E-state index in [4.69, 9.17) is 10.2 Å². The van der Waals surface area contributed by atoms with E-state index in [2.05, 4.69) is 0 Å². The molecule has 0 saturated carbocycles. The maximum Gasteiger partial charge on any atom is 0.248 e. The van der Waals surface area contributed by atoms with E-state index in [-0.39, 0.29) is 0 Å². The topological polar surface area (TPSA) is 57.5 Å². The Morgan fingerprint density at radius 2 is 2.00 bits per heavy atom. The SMILES string of the molecule is O=C1C=CC1(O)O. The summed E-state index contributed by atoms with van der Waals surface area (Å²) in [6.45, 7) is 0. The van der Waals surface area contributed by atoms with E-state index in [1.165, 1.54) is 0 Å². The van der Waals surface area contributed by atoms with Gasteiger partial charge in [0.1, 0.15) is 0 Å². The quantitative estimate of drug-likeness (QED) is 0.376. The minimum Gasteiger partial charge on any atom is -0.356 e. The first-order valence-electron chi connectivity index (χ1n) is 1.81. The van der Waals surface area contributed by atoms with Gasteiger partial charge in [0.05, 0.1) is 0 Å². The Morgan fingerprint density at radius 3 is 2.00 bits per heavy atom. The monoisotopic (exact) mass is 100 g/mol. The molecule has 7 heavy (non-hydrogen) atoms. The normalized spacial score (nSPS) is 24.6. The highest BCUT2D eigenvalue weighted by atomic mass is 16.5. The standard InChI is InChI=1S/C4H4O3/c5-3-1-2-4(3,6)7/h1-2,6-7H. The van der Waals surface area contributed by atoms with Gasteiger partial charge in [-0.3, -0.25) is 4.79 Å². The molecule has 0 bridgehead atoms. The van der Waals surface area contributed by atoms with Gasteiger partial charge in [-0.1, -0.05) is 0 Å². The molecule has 0 unspecified atom stereocenters. The summed E-state index contributed by atoms with van der Waals surface area (Å²) in [6, 6.07) is 0. The average Bonchev–Trinajstić information content (AvgIpc) is 1.63. The number of carbonyl (C=O) groups excluding carboxylic acids is 1. The van der Waals surface area contributed by atoms with E-state index in [1.54, 1.807) is 0 Å². The third-order valence-electron chi connectivity index (χ3n) is 0.830. The number of hydrogen-bond donors (Lipinski definition) is 2. The Morgan fingerprint density at radius 1 is 1.57 bits per heavy atom. The summed E-state index contributed by atoms with van der Waals surface area (Å²) in [5.41, 5.74) is 0. The Hall–Kier alpha value is -0.670. The Kier molecular flexibility index (Phi) is 0.600. The molecule has 0 aliphatic heterocycles. The lowest BCUT2D eigenvalue weighted by atomic mass is 10.0. The van der Waals surface area contributed by atoms with Crippen LogP contribution in [0.4, 0.5) is 0 Å². The van der Waals surface area contributed by atoms with Crippen molar-refractivity contribution in [1.29, 1.82) is 0 Å². The van der Waals surface area contributed by atoms with Gasteiger partial charge in [-0.15, -0.1) is 0 Å². The van der Waals surface area contributed by atoms with Crippen LogP contribution in [0.25, 0.3) is 0 Å². The van der Waals surface area contributed by atoms with Crippen molar-refractivity contribution in [2.45, 2.75) is 5.79 Å². The van der Waals surface area contributed by atoms with Crippen LogP contribution in [0.2, 0.25) is 0 Å². The number of aliphatic hydroxyl groups is 2. The molecule has 0 aromatic rings. The van der Waals surface area contributed by atoms with Crippen LogP contribution in [0.5, 0.6) is 0 Å². The highest BCUT2D eigenvalue weighted by molar-refractivity contribution is 6.03. The van der Waals surface area contributed by atoms with Crippen molar-refractivity contribution in [3.05, 3.63) is 12.2 Å². The minimum atomic E-state index is -2.14. The van der Waals surface area contributed by atoms with Crippen molar-refractivity contribution in [3.63, 3.8) is 0 Å². The van der Waals surface area contributed by atoms with Gasteiger partial charge in [0, 0.05) is 0 Å². The van der Waals surface area contributed by atoms with E-state index < -0.39 is 11.6 Å². The van der Waals surface area contributed by atoms with Crippen LogP contribution in [0.1, 0.15) is 0 Å². The van der Waals surface area contributed by atoms with E-state index >= 15 is 0 Å². The van der Waals surface area contributed by atoms with Gasteiger partial charge in [-0.25, -0.2) is 0 Å². The first kappa shape index (κ1) is 4.49. The van der Waals surface area contributed by atoms with Crippen LogP contribution >= 0.6 is 0 Å². The molecule has 3 nitrogen and oxygen atoms in total. The zero-order valence-corrected chi connectivity index (χ0v) is 3.46. The molecule has 1 aliphatic rings. The molecule has 0 fully saturated rings. The molecule has 0 aromatic heterocycles. The average molecular weight is 100 g/mol. The number of rotatable bonds is 0. The summed E-state index contributed by atoms with van der Waals surface area (Å²) < 4.78 is 0. The summed E-state index contributed by atoms with van der Waals surface area (Å²) in [5.74, 6) is -2.78. The smallest absolute Gasteiger partial charge is 0.248 e. The fourth-order valence-electron chi connectivity index (χ4n) is 0.300. The van der Waals surface area contributed by atoms with Crippen LogP contribution in [0.3, 0.4) is 0 Å². The van der Waals surface area contributed by atoms with Crippen LogP contribution in [0, 0.1) is 0 Å². The molecule has 38 valence electrons. The Bertz CT molecular complexity index is 134. The molecule has 1 aliphatic carbocycles. The third kappa shape index (κ3) is 0.460. The molecule has 0 atom stereocenters. The van der Waals surface area contributed by atoms with Gasteiger partial charge in [0.15, 0.2) is 0 Å². The summed E-state index contributed by atoms with van der Waals surface area (Å²) in [4.78, 5) is 9.97. The Balaban J connectivity index is 2.83. The van der Waals surface area contributed by atoms with Crippen molar-refractivity contribution in [3.8, 4) is 0 Å². The van der Waals surface area contributed by atoms with Gasteiger partial charge in [0.2, 0.25) is 11.6 Å². The first-order valence-corrected chi connectivity index (χ1v) is 1.81. The molecule has 1 rings (SSSR count). The van der Waals surface area contributed by atoms with Crippen molar-refractivity contribution < 1.29 is 15.0 Å². The number of carbonyl (C=O) groups is 1. The highest BCUT2D eigenvalue weighted by Crippen LogP contribution is 2.13. The maximum absolute atomic E-state index is 9.97. The van der Waals surface area contributed by atoms with Gasteiger partial charge in [-0.2, -0.15) is 0 Å². The van der Waals surface area contributed by atoms with Gasteiger partial charge in [0.25, 0.3) is 0 Å². The number of ketones is 1. The van der Waals surface area contributed by atoms with Gasteiger partial charge in [-0.05, 0) is 12.2 Å². The van der Waals surface area contributed by atoms with Gasteiger partial charge < -0.3 is 10.2 Å². The number of hydrogen-bond acceptors (Lipinski definition) is 3. The fourth-order valence-corrected chi connectivity index (χ4v) is 0.300. The maximum atomic E-state index is 9.97.